The van der Waals surface area contributed by atoms with Gasteiger partial charge < -0.3 is 19.9 Å². The number of aromatic nitrogens is 2. The van der Waals surface area contributed by atoms with E-state index in [1.165, 1.54) is 18.7 Å². The molecule has 1 atom stereocenters. The SMILES string of the molecule is COc1cc(-c2cc3c(N[C@H](C)c4cccc(C)c4)nc(C)nc3cc2OC)ccc1C(=O)O. The van der Waals surface area contributed by atoms with Crippen molar-refractivity contribution in [3.05, 3.63) is 77.1 Å². The largest absolute Gasteiger partial charge is 0.496 e. The molecule has 0 spiro atoms. The Hall–Kier alpha value is -4.13. The van der Waals surface area contributed by atoms with E-state index < -0.39 is 5.97 Å². The van der Waals surface area contributed by atoms with Gasteiger partial charge in [-0.15, -0.1) is 0 Å². The minimum atomic E-state index is -1.05. The normalized spacial score (nSPS) is 11.8. The summed E-state index contributed by atoms with van der Waals surface area (Å²) >= 11 is 0. The van der Waals surface area contributed by atoms with Crippen molar-refractivity contribution in [2.45, 2.75) is 26.8 Å². The lowest BCUT2D eigenvalue weighted by Gasteiger charge is -2.19. The number of ether oxygens (including phenoxy) is 2. The molecule has 7 heteroatoms. The van der Waals surface area contributed by atoms with E-state index in [2.05, 4.69) is 47.3 Å². The molecule has 174 valence electrons. The van der Waals surface area contributed by atoms with Crippen molar-refractivity contribution < 1.29 is 19.4 Å². The molecule has 1 aromatic heterocycles. The van der Waals surface area contributed by atoms with Crippen molar-refractivity contribution in [2.24, 2.45) is 0 Å². The first-order valence-corrected chi connectivity index (χ1v) is 10.9. The first-order chi connectivity index (χ1) is 16.3. The quantitative estimate of drug-likeness (QED) is 0.362. The van der Waals surface area contributed by atoms with Gasteiger partial charge in [-0.05, 0) is 50.1 Å². The molecular weight excluding hydrogens is 430 g/mol. The molecule has 0 saturated carbocycles. The Morgan fingerprint density at radius 3 is 2.41 bits per heavy atom. The van der Waals surface area contributed by atoms with Crippen LogP contribution in [0.4, 0.5) is 5.82 Å². The van der Waals surface area contributed by atoms with Crippen LogP contribution in [0.1, 0.15) is 40.3 Å². The maximum Gasteiger partial charge on any atom is 0.339 e. The van der Waals surface area contributed by atoms with Gasteiger partial charge in [0.05, 0.1) is 19.7 Å². The summed E-state index contributed by atoms with van der Waals surface area (Å²) in [5.41, 5.74) is 4.75. The molecule has 0 unspecified atom stereocenters. The van der Waals surface area contributed by atoms with E-state index in [-0.39, 0.29) is 17.4 Å². The molecule has 0 aliphatic rings. The number of nitrogens with one attached hydrogen (secondary N) is 1. The molecule has 0 saturated heterocycles. The molecule has 0 aliphatic heterocycles. The van der Waals surface area contributed by atoms with Gasteiger partial charge in [0.1, 0.15) is 28.7 Å². The standard InChI is InChI=1S/C27H27N3O4/c1-15-7-6-8-18(11-15)16(2)28-26-22-13-21(25(34-5)14-23(22)29-17(3)30-26)19-9-10-20(27(31)32)24(12-19)33-4/h6-14,16H,1-5H3,(H,31,32)(H,28,29,30)/t16-/m1/s1. The lowest BCUT2D eigenvalue weighted by Crippen LogP contribution is -2.10. The number of benzene rings is 3. The summed E-state index contributed by atoms with van der Waals surface area (Å²) in [5.74, 6) is 1.21. The Kier molecular flexibility index (Phi) is 6.36. The molecule has 0 amide bonds. The second-order valence-electron chi connectivity index (χ2n) is 8.19. The van der Waals surface area contributed by atoms with Crippen LogP contribution in [-0.4, -0.2) is 35.3 Å². The number of methoxy groups -OCH3 is 2. The van der Waals surface area contributed by atoms with Crippen LogP contribution in [0.15, 0.2) is 54.6 Å². The van der Waals surface area contributed by atoms with Crippen molar-refractivity contribution in [3.8, 4) is 22.6 Å². The Bertz CT molecular complexity index is 1380. The predicted octanol–water partition coefficient (Wildman–Crippen LogP) is 5.80. The number of anilines is 1. The Balaban J connectivity index is 1.85. The number of carboxylic acid groups (broad SMARTS) is 1. The monoisotopic (exact) mass is 457 g/mol. The second-order valence-corrected chi connectivity index (χ2v) is 8.19. The first kappa shape index (κ1) is 23.0. The van der Waals surface area contributed by atoms with Gasteiger partial charge in [-0.1, -0.05) is 35.9 Å². The van der Waals surface area contributed by atoms with Crippen molar-refractivity contribution in [1.29, 1.82) is 0 Å². The van der Waals surface area contributed by atoms with E-state index in [9.17, 15) is 9.90 Å². The first-order valence-electron chi connectivity index (χ1n) is 10.9. The zero-order chi connectivity index (χ0) is 24.4. The topological polar surface area (TPSA) is 93.6 Å². The molecule has 3 aromatic carbocycles. The predicted molar refractivity (Wildman–Crippen MR) is 133 cm³/mol. The average Bonchev–Trinajstić information content (AvgIpc) is 2.82. The van der Waals surface area contributed by atoms with Crippen LogP contribution in [0.25, 0.3) is 22.0 Å². The average molecular weight is 458 g/mol. The third-order valence-corrected chi connectivity index (χ3v) is 5.77. The lowest BCUT2D eigenvalue weighted by atomic mass is 9.99. The highest BCUT2D eigenvalue weighted by Gasteiger charge is 2.18. The number of aryl methyl sites for hydroxylation is 2. The number of fused-ring (bicyclic) bond motifs is 1. The fraction of sp³-hybridized carbons (Fsp3) is 0.222. The highest BCUT2D eigenvalue weighted by molar-refractivity contribution is 5.96. The Morgan fingerprint density at radius 2 is 1.74 bits per heavy atom. The lowest BCUT2D eigenvalue weighted by molar-refractivity contribution is 0.0693. The second kappa shape index (κ2) is 9.39. The minimum absolute atomic E-state index is 0.0258. The van der Waals surface area contributed by atoms with Crippen LogP contribution < -0.4 is 14.8 Å². The molecule has 4 rings (SSSR count). The highest BCUT2D eigenvalue weighted by Crippen LogP contribution is 2.38. The maximum atomic E-state index is 11.5. The van der Waals surface area contributed by atoms with Crippen LogP contribution in [0.3, 0.4) is 0 Å². The van der Waals surface area contributed by atoms with Crippen molar-refractivity contribution in [3.63, 3.8) is 0 Å². The molecule has 0 bridgehead atoms. The summed E-state index contributed by atoms with van der Waals surface area (Å²) in [4.78, 5) is 20.8. The summed E-state index contributed by atoms with van der Waals surface area (Å²) in [7, 11) is 3.05. The van der Waals surface area contributed by atoms with E-state index in [1.54, 1.807) is 19.2 Å². The van der Waals surface area contributed by atoms with Gasteiger partial charge >= 0.3 is 5.97 Å². The summed E-state index contributed by atoms with van der Waals surface area (Å²) in [6.45, 7) is 6.03. The number of carboxylic acids is 1. The number of aromatic carboxylic acids is 1. The molecule has 0 radical (unpaired) electrons. The van der Waals surface area contributed by atoms with Crippen LogP contribution in [-0.2, 0) is 0 Å². The molecule has 2 N–H and O–H groups in total. The Morgan fingerprint density at radius 1 is 0.971 bits per heavy atom. The van der Waals surface area contributed by atoms with Gasteiger partial charge in [0.25, 0.3) is 0 Å². The van der Waals surface area contributed by atoms with Crippen LogP contribution >= 0.6 is 0 Å². The maximum absolute atomic E-state index is 11.5. The molecule has 7 nitrogen and oxygen atoms in total. The van der Waals surface area contributed by atoms with E-state index in [0.29, 0.717) is 11.6 Å². The molecule has 0 aliphatic carbocycles. The fourth-order valence-electron chi connectivity index (χ4n) is 4.04. The molecule has 1 heterocycles. The van der Waals surface area contributed by atoms with E-state index in [0.717, 1.165) is 33.4 Å². The highest BCUT2D eigenvalue weighted by atomic mass is 16.5. The van der Waals surface area contributed by atoms with E-state index >= 15 is 0 Å². The van der Waals surface area contributed by atoms with Crippen LogP contribution in [0, 0.1) is 13.8 Å². The summed E-state index contributed by atoms with van der Waals surface area (Å²) in [5, 5.41) is 13.8. The van der Waals surface area contributed by atoms with Gasteiger partial charge in [0.15, 0.2) is 0 Å². The fourth-order valence-corrected chi connectivity index (χ4v) is 4.04. The number of carbonyl (C=O) groups is 1. The van der Waals surface area contributed by atoms with Gasteiger partial charge in [-0.2, -0.15) is 0 Å². The van der Waals surface area contributed by atoms with Crippen molar-refractivity contribution in [1.82, 2.24) is 9.97 Å². The van der Waals surface area contributed by atoms with E-state index in [4.69, 9.17) is 9.47 Å². The van der Waals surface area contributed by atoms with Crippen LogP contribution in [0.5, 0.6) is 11.5 Å². The Labute approximate surface area is 198 Å². The zero-order valence-corrected chi connectivity index (χ0v) is 19.8. The van der Waals surface area contributed by atoms with E-state index in [1.807, 2.05) is 25.1 Å². The minimum Gasteiger partial charge on any atom is -0.496 e. The zero-order valence-electron chi connectivity index (χ0n) is 19.8. The molecule has 34 heavy (non-hydrogen) atoms. The molecule has 4 aromatic rings. The van der Waals surface area contributed by atoms with Crippen LogP contribution in [0.2, 0.25) is 0 Å². The summed E-state index contributed by atoms with van der Waals surface area (Å²) in [6, 6.07) is 17.2. The van der Waals surface area contributed by atoms with Gasteiger partial charge in [0.2, 0.25) is 0 Å². The number of rotatable bonds is 7. The summed E-state index contributed by atoms with van der Waals surface area (Å²) in [6.07, 6.45) is 0. The number of hydrogen-bond donors (Lipinski definition) is 2. The van der Waals surface area contributed by atoms with Crippen molar-refractivity contribution in [2.75, 3.05) is 19.5 Å². The summed E-state index contributed by atoms with van der Waals surface area (Å²) < 4.78 is 11.0. The number of hydrogen-bond acceptors (Lipinski definition) is 6. The van der Waals surface area contributed by atoms with Gasteiger partial charge in [-0.3, -0.25) is 0 Å². The van der Waals surface area contributed by atoms with Crippen molar-refractivity contribution >= 4 is 22.7 Å². The van der Waals surface area contributed by atoms with Gasteiger partial charge in [0, 0.05) is 23.1 Å². The molecule has 0 fully saturated rings. The third-order valence-electron chi connectivity index (χ3n) is 5.77. The number of nitrogens with zero attached hydrogens (tertiary/aromatic N) is 2. The molecular formula is C27H27N3O4. The van der Waals surface area contributed by atoms with Gasteiger partial charge in [-0.25, -0.2) is 14.8 Å². The smallest absolute Gasteiger partial charge is 0.339 e. The third kappa shape index (κ3) is 4.50.